The molecule has 0 aromatic carbocycles. The van der Waals surface area contributed by atoms with Crippen LogP contribution in [0.25, 0.3) is 0 Å². The highest BCUT2D eigenvalue weighted by molar-refractivity contribution is 5.78. The van der Waals surface area contributed by atoms with Gasteiger partial charge in [-0.05, 0) is 6.92 Å². The van der Waals surface area contributed by atoms with Gasteiger partial charge in [0.15, 0.2) is 0 Å². The van der Waals surface area contributed by atoms with Gasteiger partial charge in [-0.1, -0.05) is 13.8 Å². The molecule has 0 aromatic rings. The molecule has 0 bridgehead atoms. The van der Waals surface area contributed by atoms with Crippen LogP contribution in [0.5, 0.6) is 0 Å². The molecule has 4 nitrogen and oxygen atoms in total. The van der Waals surface area contributed by atoms with Crippen LogP contribution < -0.4 is 0 Å². The maximum absolute atomic E-state index is 11.2. The third kappa shape index (κ3) is 4.50. The Morgan fingerprint density at radius 2 is 1.85 bits per heavy atom. The summed E-state index contributed by atoms with van der Waals surface area (Å²) >= 11 is 0. The van der Waals surface area contributed by atoms with Gasteiger partial charge in [0.1, 0.15) is 0 Å². The summed E-state index contributed by atoms with van der Waals surface area (Å²) in [6.45, 7) is 6.87. The Labute approximate surface area is 78.2 Å². The van der Waals surface area contributed by atoms with E-state index in [-0.39, 0.29) is 5.92 Å². The molecule has 0 fully saturated rings. The second-order valence-electron chi connectivity index (χ2n) is 3.03. The first-order valence-corrected chi connectivity index (χ1v) is 4.32. The van der Waals surface area contributed by atoms with Crippen molar-refractivity contribution >= 4 is 11.9 Å². The summed E-state index contributed by atoms with van der Waals surface area (Å²) in [6.07, 6.45) is -0.780. The highest BCUT2D eigenvalue weighted by Gasteiger charge is 2.26. The van der Waals surface area contributed by atoms with Crippen LogP contribution in [-0.2, 0) is 19.1 Å². The normalized spacial score (nSPS) is 12.4. The largest absolute Gasteiger partial charge is 0.463 e. The monoisotopic (exact) mass is 188 g/mol. The highest BCUT2D eigenvalue weighted by atomic mass is 16.6. The second kappa shape index (κ2) is 5.56. The molecule has 0 aliphatic rings. The quantitative estimate of drug-likeness (QED) is 0.621. The number of rotatable bonds is 4. The summed E-state index contributed by atoms with van der Waals surface area (Å²) in [4.78, 5) is 21.9. The van der Waals surface area contributed by atoms with Gasteiger partial charge in [-0.15, -0.1) is 0 Å². The zero-order valence-electron chi connectivity index (χ0n) is 8.49. The fraction of sp³-hybridized carbons (Fsp3) is 0.778. The zero-order valence-corrected chi connectivity index (χ0v) is 8.49. The Bertz CT molecular complexity index is 186. The smallest absolute Gasteiger partial charge is 0.347 e. The number of esters is 2. The van der Waals surface area contributed by atoms with E-state index in [0.29, 0.717) is 6.61 Å². The molecule has 1 atom stereocenters. The standard InChI is InChI=1S/C9H16O4/c1-5-12-9(11)8(6(2)3)13-7(4)10/h6,8H,5H2,1-4H3/t8-/m0/s1. The Kier molecular flexibility index (Phi) is 5.11. The Morgan fingerprint density at radius 3 is 2.15 bits per heavy atom. The van der Waals surface area contributed by atoms with Crippen molar-refractivity contribution in [3.05, 3.63) is 0 Å². The maximum atomic E-state index is 11.2. The SMILES string of the molecule is CCOC(=O)[C@@H](OC(C)=O)C(C)C. The van der Waals surface area contributed by atoms with Gasteiger partial charge in [-0.25, -0.2) is 4.79 Å². The van der Waals surface area contributed by atoms with Gasteiger partial charge in [-0.2, -0.15) is 0 Å². The van der Waals surface area contributed by atoms with Crippen LogP contribution in [0.1, 0.15) is 27.7 Å². The van der Waals surface area contributed by atoms with Crippen LogP contribution in [0, 0.1) is 5.92 Å². The van der Waals surface area contributed by atoms with Gasteiger partial charge >= 0.3 is 11.9 Å². The van der Waals surface area contributed by atoms with Crippen molar-refractivity contribution in [3.8, 4) is 0 Å². The molecule has 4 heteroatoms. The highest BCUT2D eigenvalue weighted by Crippen LogP contribution is 2.08. The predicted molar refractivity (Wildman–Crippen MR) is 47.0 cm³/mol. The molecule has 0 rings (SSSR count). The van der Waals surface area contributed by atoms with Crippen molar-refractivity contribution in [3.63, 3.8) is 0 Å². The van der Waals surface area contributed by atoms with Crippen LogP contribution in [0.2, 0.25) is 0 Å². The van der Waals surface area contributed by atoms with E-state index >= 15 is 0 Å². The lowest BCUT2D eigenvalue weighted by Gasteiger charge is -2.18. The molecule has 0 aromatic heterocycles. The number of carbonyl (C=O) groups excluding carboxylic acids is 2. The fourth-order valence-electron chi connectivity index (χ4n) is 0.860. The van der Waals surface area contributed by atoms with Gasteiger partial charge in [0, 0.05) is 12.8 Å². The Hall–Kier alpha value is -1.06. The molecule has 0 radical (unpaired) electrons. The summed E-state index contributed by atoms with van der Waals surface area (Å²) < 4.78 is 9.56. The van der Waals surface area contributed by atoms with E-state index in [0.717, 1.165) is 0 Å². The molecule has 0 aliphatic heterocycles. The summed E-state index contributed by atoms with van der Waals surface area (Å²) in [7, 11) is 0. The van der Waals surface area contributed by atoms with Gasteiger partial charge in [0.05, 0.1) is 6.61 Å². The van der Waals surface area contributed by atoms with Crippen LogP contribution in [0.4, 0.5) is 0 Å². The lowest BCUT2D eigenvalue weighted by Crippen LogP contribution is -2.33. The second-order valence-corrected chi connectivity index (χ2v) is 3.03. The molecule has 76 valence electrons. The fourth-order valence-corrected chi connectivity index (χ4v) is 0.860. The number of ether oxygens (including phenoxy) is 2. The van der Waals surface area contributed by atoms with Crippen LogP contribution in [0.3, 0.4) is 0 Å². The van der Waals surface area contributed by atoms with Crippen LogP contribution >= 0.6 is 0 Å². The number of carbonyl (C=O) groups is 2. The van der Waals surface area contributed by atoms with Crippen molar-refractivity contribution in [2.75, 3.05) is 6.61 Å². The minimum absolute atomic E-state index is 0.0667. The van der Waals surface area contributed by atoms with Crippen molar-refractivity contribution in [2.45, 2.75) is 33.8 Å². The zero-order chi connectivity index (χ0) is 10.4. The topological polar surface area (TPSA) is 52.6 Å². The van der Waals surface area contributed by atoms with Crippen LogP contribution in [0.15, 0.2) is 0 Å². The number of hydrogen-bond donors (Lipinski definition) is 0. The minimum atomic E-state index is -0.780. The average Bonchev–Trinajstić information content (AvgIpc) is 1.99. The van der Waals surface area contributed by atoms with E-state index in [2.05, 4.69) is 0 Å². The van der Waals surface area contributed by atoms with Crippen LogP contribution in [-0.4, -0.2) is 24.6 Å². The molecule has 0 spiro atoms. The van der Waals surface area contributed by atoms with Gasteiger partial charge in [-0.3, -0.25) is 4.79 Å². The Morgan fingerprint density at radius 1 is 1.31 bits per heavy atom. The lowest BCUT2D eigenvalue weighted by molar-refractivity contribution is -0.169. The van der Waals surface area contributed by atoms with E-state index in [1.54, 1.807) is 20.8 Å². The molecule has 0 amide bonds. The maximum Gasteiger partial charge on any atom is 0.347 e. The van der Waals surface area contributed by atoms with E-state index < -0.39 is 18.0 Å². The van der Waals surface area contributed by atoms with E-state index in [4.69, 9.17) is 9.47 Å². The lowest BCUT2D eigenvalue weighted by atomic mass is 10.1. The third-order valence-corrected chi connectivity index (χ3v) is 1.42. The predicted octanol–water partition coefficient (Wildman–Crippen LogP) is 1.14. The van der Waals surface area contributed by atoms with Gasteiger partial charge < -0.3 is 9.47 Å². The first-order valence-electron chi connectivity index (χ1n) is 4.32. The molecule has 0 saturated heterocycles. The van der Waals surface area contributed by atoms with Gasteiger partial charge in [0.2, 0.25) is 6.10 Å². The first kappa shape index (κ1) is 11.9. The van der Waals surface area contributed by atoms with E-state index in [1.807, 2.05) is 0 Å². The molecule has 0 saturated carbocycles. The average molecular weight is 188 g/mol. The number of hydrogen-bond acceptors (Lipinski definition) is 4. The van der Waals surface area contributed by atoms with E-state index in [1.165, 1.54) is 6.92 Å². The molecule has 0 N–H and O–H groups in total. The Balaban J connectivity index is 4.24. The summed E-state index contributed by atoms with van der Waals surface area (Å²) in [5.41, 5.74) is 0. The molecule has 0 heterocycles. The van der Waals surface area contributed by atoms with Crippen molar-refractivity contribution in [2.24, 2.45) is 5.92 Å². The molecular weight excluding hydrogens is 172 g/mol. The summed E-state index contributed by atoms with van der Waals surface area (Å²) in [6, 6.07) is 0. The first-order chi connectivity index (χ1) is 5.99. The van der Waals surface area contributed by atoms with Crippen molar-refractivity contribution < 1.29 is 19.1 Å². The molecular formula is C9H16O4. The third-order valence-electron chi connectivity index (χ3n) is 1.42. The van der Waals surface area contributed by atoms with Crippen molar-refractivity contribution in [1.82, 2.24) is 0 Å². The molecule has 0 aliphatic carbocycles. The molecule has 13 heavy (non-hydrogen) atoms. The molecule has 0 unspecified atom stereocenters. The van der Waals surface area contributed by atoms with Gasteiger partial charge in [0.25, 0.3) is 0 Å². The summed E-state index contributed by atoms with van der Waals surface area (Å²) in [5, 5.41) is 0. The van der Waals surface area contributed by atoms with E-state index in [9.17, 15) is 9.59 Å². The summed E-state index contributed by atoms with van der Waals surface area (Å²) in [5.74, 6) is -1.01. The van der Waals surface area contributed by atoms with Crippen molar-refractivity contribution in [1.29, 1.82) is 0 Å². The minimum Gasteiger partial charge on any atom is -0.463 e.